The van der Waals surface area contributed by atoms with Gasteiger partial charge in [0.2, 0.25) is 0 Å². The fourth-order valence-electron chi connectivity index (χ4n) is 2.53. The summed E-state index contributed by atoms with van der Waals surface area (Å²) in [5, 5.41) is 0. The second-order valence-corrected chi connectivity index (χ2v) is 5.35. The average Bonchev–Trinajstić information content (AvgIpc) is 2.82. The van der Waals surface area contributed by atoms with E-state index < -0.39 is 18.6 Å². The van der Waals surface area contributed by atoms with Crippen molar-refractivity contribution in [3.05, 3.63) is 29.3 Å². The van der Waals surface area contributed by atoms with Gasteiger partial charge in [-0.1, -0.05) is 6.07 Å². The first-order valence-electron chi connectivity index (χ1n) is 7.01. The van der Waals surface area contributed by atoms with Crippen LogP contribution in [-0.4, -0.2) is 57.4 Å². The Kier molecular flexibility index (Phi) is 4.95. The molecular formula is C15H19F3N2O2. The molecule has 0 aliphatic carbocycles. The molecule has 0 N–H and O–H groups in total. The minimum atomic E-state index is -4.43. The maximum atomic E-state index is 12.6. The molecule has 1 aromatic carbocycles. The molecule has 4 nitrogen and oxygen atoms in total. The molecule has 1 aliphatic heterocycles. The molecular weight excluding hydrogens is 297 g/mol. The summed E-state index contributed by atoms with van der Waals surface area (Å²) >= 11 is 0. The molecule has 22 heavy (non-hydrogen) atoms. The second-order valence-electron chi connectivity index (χ2n) is 5.35. The highest BCUT2D eigenvalue weighted by Crippen LogP contribution is 2.28. The van der Waals surface area contributed by atoms with E-state index in [0.29, 0.717) is 0 Å². The van der Waals surface area contributed by atoms with Gasteiger partial charge in [0.15, 0.2) is 0 Å². The van der Waals surface area contributed by atoms with Crippen LogP contribution in [0.1, 0.15) is 15.9 Å². The maximum absolute atomic E-state index is 12.6. The number of carbonyl (C=O) groups is 1. The third kappa shape index (κ3) is 3.91. The number of ether oxygens (including phenoxy) is 1. The summed E-state index contributed by atoms with van der Waals surface area (Å²) in [6, 6.07) is 5.07. The van der Waals surface area contributed by atoms with Gasteiger partial charge in [-0.2, -0.15) is 13.2 Å². The van der Waals surface area contributed by atoms with Crippen LogP contribution in [0.3, 0.4) is 0 Å². The molecule has 122 valence electrons. The van der Waals surface area contributed by atoms with Crippen molar-refractivity contribution in [3.8, 4) is 0 Å². The summed E-state index contributed by atoms with van der Waals surface area (Å²) < 4.78 is 42.7. The summed E-state index contributed by atoms with van der Waals surface area (Å²) in [6.45, 7) is -0.459. The molecule has 1 amide bonds. The molecule has 0 spiro atoms. The van der Waals surface area contributed by atoms with E-state index in [2.05, 4.69) is 0 Å². The van der Waals surface area contributed by atoms with Crippen LogP contribution >= 0.6 is 0 Å². The van der Waals surface area contributed by atoms with Crippen molar-refractivity contribution < 1.29 is 22.7 Å². The topological polar surface area (TPSA) is 32.8 Å². The SMILES string of the molecule is COCCN(CC(F)(F)F)C(=O)c1ccc2c(c1)N(C)CC2. The Hall–Kier alpha value is -1.76. The quantitative estimate of drug-likeness (QED) is 0.836. The Morgan fingerprint density at radius 3 is 2.77 bits per heavy atom. The largest absolute Gasteiger partial charge is 0.406 e. The van der Waals surface area contributed by atoms with E-state index in [1.165, 1.54) is 7.11 Å². The Balaban J connectivity index is 2.21. The molecule has 0 aromatic heterocycles. The first-order chi connectivity index (χ1) is 10.3. The van der Waals surface area contributed by atoms with Gasteiger partial charge in [0.25, 0.3) is 5.91 Å². The summed E-state index contributed by atoms with van der Waals surface area (Å²) in [6.07, 6.45) is -3.55. The van der Waals surface area contributed by atoms with Crippen LogP contribution in [0.2, 0.25) is 0 Å². The molecule has 1 heterocycles. The monoisotopic (exact) mass is 316 g/mol. The van der Waals surface area contributed by atoms with Crippen LogP contribution in [0.15, 0.2) is 18.2 Å². The van der Waals surface area contributed by atoms with Crippen molar-refractivity contribution in [3.63, 3.8) is 0 Å². The molecule has 1 aromatic rings. The predicted molar refractivity (Wildman–Crippen MR) is 77.3 cm³/mol. The van der Waals surface area contributed by atoms with Crippen molar-refractivity contribution in [1.29, 1.82) is 0 Å². The third-order valence-electron chi connectivity index (χ3n) is 3.68. The highest BCUT2D eigenvalue weighted by atomic mass is 19.4. The molecule has 0 unspecified atom stereocenters. The second kappa shape index (κ2) is 6.56. The fraction of sp³-hybridized carbons (Fsp3) is 0.533. The Labute approximate surface area is 127 Å². The standard InChI is InChI=1S/C15H19F3N2O2/c1-19-6-5-11-3-4-12(9-13(11)19)14(21)20(7-8-22-2)10-15(16,17)18/h3-4,9H,5-8,10H2,1-2H3. The molecule has 7 heteroatoms. The highest BCUT2D eigenvalue weighted by Gasteiger charge is 2.33. The van der Waals surface area contributed by atoms with Crippen LogP contribution in [0.4, 0.5) is 18.9 Å². The molecule has 0 atom stereocenters. The van der Waals surface area contributed by atoms with Gasteiger partial charge in [-0.25, -0.2) is 0 Å². The van der Waals surface area contributed by atoms with Crippen LogP contribution in [-0.2, 0) is 11.2 Å². The van der Waals surface area contributed by atoms with Gasteiger partial charge in [0.1, 0.15) is 6.54 Å². The number of fused-ring (bicyclic) bond motifs is 1. The maximum Gasteiger partial charge on any atom is 0.406 e. The zero-order valence-electron chi connectivity index (χ0n) is 12.6. The number of rotatable bonds is 5. The van der Waals surface area contributed by atoms with Crippen LogP contribution in [0.25, 0.3) is 0 Å². The summed E-state index contributed by atoms with van der Waals surface area (Å²) in [4.78, 5) is 15.2. The van der Waals surface area contributed by atoms with Crippen molar-refractivity contribution in [2.45, 2.75) is 12.6 Å². The smallest absolute Gasteiger partial charge is 0.383 e. The van der Waals surface area contributed by atoms with Gasteiger partial charge in [-0.05, 0) is 24.1 Å². The molecule has 2 rings (SSSR count). The van der Waals surface area contributed by atoms with Gasteiger partial charge >= 0.3 is 6.18 Å². The van der Waals surface area contributed by atoms with Crippen molar-refractivity contribution in [1.82, 2.24) is 4.90 Å². The zero-order valence-corrected chi connectivity index (χ0v) is 12.6. The summed E-state index contributed by atoms with van der Waals surface area (Å²) in [5.74, 6) is -0.627. The lowest BCUT2D eigenvalue weighted by molar-refractivity contribution is -0.141. The Morgan fingerprint density at radius 1 is 1.41 bits per heavy atom. The van der Waals surface area contributed by atoms with E-state index in [4.69, 9.17) is 4.74 Å². The van der Waals surface area contributed by atoms with Crippen LogP contribution in [0, 0.1) is 0 Å². The number of carbonyl (C=O) groups excluding carboxylic acids is 1. The number of hydrogen-bond donors (Lipinski definition) is 0. The summed E-state index contributed by atoms with van der Waals surface area (Å²) in [5.41, 5.74) is 2.29. The van der Waals surface area contributed by atoms with Gasteiger partial charge in [0.05, 0.1) is 6.61 Å². The first kappa shape index (κ1) is 16.6. The van der Waals surface area contributed by atoms with E-state index in [9.17, 15) is 18.0 Å². The molecule has 0 saturated heterocycles. The lowest BCUT2D eigenvalue weighted by Gasteiger charge is -2.24. The number of likely N-dealkylation sites (N-methyl/N-ethyl adjacent to an activating group) is 1. The number of alkyl halides is 3. The number of anilines is 1. The molecule has 0 saturated carbocycles. The Morgan fingerprint density at radius 2 is 2.14 bits per heavy atom. The normalized spacial score (nSPS) is 14.1. The number of amides is 1. The number of methoxy groups -OCH3 is 1. The van der Waals surface area contributed by atoms with Crippen LogP contribution in [0.5, 0.6) is 0 Å². The fourth-order valence-corrected chi connectivity index (χ4v) is 2.53. The lowest BCUT2D eigenvalue weighted by Crippen LogP contribution is -2.40. The third-order valence-corrected chi connectivity index (χ3v) is 3.68. The lowest BCUT2D eigenvalue weighted by atomic mass is 10.1. The van der Waals surface area contributed by atoms with Gasteiger partial charge in [-0.15, -0.1) is 0 Å². The zero-order chi connectivity index (χ0) is 16.3. The number of benzene rings is 1. The summed E-state index contributed by atoms with van der Waals surface area (Å²) in [7, 11) is 3.29. The van der Waals surface area contributed by atoms with E-state index in [-0.39, 0.29) is 18.7 Å². The van der Waals surface area contributed by atoms with Crippen molar-refractivity contribution in [2.75, 3.05) is 45.3 Å². The first-order valence-corrected chi connectivity index (χ1v) is 7.01. The van der Waals surface area contributed by atoms with Gasteiger partial charge in [0, 0.05) is 38.5 Å². The molecule has 0 bridgehead atoms. The minimum Gasteiger partial charge on any atom is -0.383 e. The predicted octanol–water partition coefficient (Wildman–Crippen LogP) is 2.33. The van der Waals surface area contributed by atoms with Crippen LogP contribution < -0.4 is 4.90 Å². The highest BCUT2D eigenvalue weighted by molar-refractivity contribution is 5.95. The minimum absolute atomic E-state index is 0.0622. The van der Waals surface area contributed by atoms with Crippen molar-refractivity contribution in [2.24, 2.45) is 0 Å². The number of nitrogens with zero attached hydrogens (tertiary/aromatic N) is 2. The van der Waals surface area contributed by atoms with E-state index >= 15 is 0 Å². The van der Waals surface area contributed by atoms with Gasteiger partial charge in [-0.3, -0.25) is 4.79 Å². The van der Waals surface area contributed by atoms with E-state index in [1.807, 2.05) is 18.0 Å². The van der Waals surface area contributed by atoms with E-state index in [0.717, 1.165) is 29.1 Å². The van der Waals surface area contributed by atoms with Gasteiger partial charge < -0.3 is 14.5 Å². The van der Waals surface area contributed by atoms with Crippen molar-refractivity contribution >= 4 is 11.6 Å². The number of halogens is 3. The Bertz CT molecular complexity index is 546. The molecule has 0 fully saturated rings. The molecule has 0 radical (unpaired) electrons. The van der Waals surface area contributed by atoms with E-state index in [1.54, 1.807) is 12.1 Å². The number of hydrogen-bond acceptors (Lipinski definition) is 3. The molecule has 1 aliphatic rings. The average molecular weight is 316 g/mol.